The lowest BCUT2D eigenvalue weighted by Gasteiger charge is -2.29. The van der Waals surface area contributed by atoms with Crippen LogP contribution < -0.4 is 19.1 Å². The maximum atomic E-state index is 12.9. The molecule has 27 heavy (non-hydrogen) atoms. The molecule has 0 radical (unpaired) electrons. The minimum atomic E-state index is -3.72. The fraction of sp³-hybridized carbons (Fsp3) is 0.400. The number of hydrogen-bond acceptors (Lipinski definition) is 5. The van der Waals surface area contributed by atoms with Crippen LogP contribution in [0.4, 0.5) is 11.4 Å². The van der Waals surface area contributed by atoms with Gasteiger partial charge in [-0.1, -0.05) is 6.07 Å². The molecule has 4 rings (SSSR count). The molecule has 7 heteroatoms. The van der Waals surface area contributed by atoms with Crippen molar-refractivity contribution in [3.63, 3.8) is 0 Å². The maximum absolute atomic E-state index is 12.9. The van der Waals surface area contributed by atoms with Crippen LogP contribution in [0.3, 0.4) is 0 Å². The van der Waals surface area contributed by atoms with Gasteiger partial charge in [-0.3, -0.25) is 4.72 Å². The highest BCUT2D eigenvalue weighted by molar-refractivity contribution is 7.92. The second-order valence-corrected chi connectivity index (χ2v) is 8.64. The Balaban J connectivity index is 1.60. The van der Waals surface area contributed by atoms with Crippen molar-refractivity contribution in [2.24, 2.45) is 0 Å². The fourth-order valence-corrected chi connectivity index (χ4v) is 4.60. The van der Waals surface area contributed by atoms with E-state index in [2.05, 4.69) is 15.7 Å². The normalized spacial score (nSPS) is 16.9. The zero-order chi connectivity index (χ0) is 18.9. The van der Waals surface area contributed by atoms with Crippen molar-refractivity contribution in [3.8, 4) is 11.5 Å². The first kappa shape index (κ1) is 18.0. The summed E-state index contributed by atoms with van der Waals surface area (Å²) in [6.45, 7) is 4.82. The van der Waals surface area contributed by atoms with Crippen molar-refractivity contribution < 1.29 is 17.9 Å². The summed E-state index contributed by atoms with van der Waals surface area (Å²) in [5.41, 5.74) is 2.55. The maximum Gasteiger partial charge on any atom is 0.262 e. The van der Waals surface area contributed by atoms with E-state index in [4.69, 9.17) is 9.47 Å². The second kappa shape index (κ2) is 7.31. The Bertz CT molecular complexity index is 937. The number of rotatable bonds is 4. The van der Waals surface area contributed by atoms with Gasteiger partial charge in [0, 0.05) is 24.8 Å². The van der Waals surface area contributed by atoms with E-state index >= 15 is 0 Å². The molecule has 144 valence electrons. The first-order chi connectivity index (χ1) is 13.0. The molecular formula is C20H24N2O4S. The van der Waals surface area contributed by atoms with Gasteiger partial charge in [0.1, 0.15) is 13.2 Å². The van der Waals surface area contributed by atoms with Gasteiger partial charge < -0.3 is 14.4 Å². The average Bonchev–Trinajstić information content (AvgIpc) is 2.70. The third-order valence-corrected chi connectivity index (χ3v) is 6.37. The summed E-state index contributed by atoms with van der Waals surface area (Å²) >= 11 is 0. The summed E-state index contributed by atoms with van der Waals surface area (Å²) < 4.78 is 39.5. The summed E-state index contributed by atoms with van der Waals surface area (Å²) in [5.74, 6) is 1.03. The fourth-order valence-electron chi connectivity index (χ4n) is 3.46. The number of piperidine rings is 1. The highest BCUT2D eigenvalue weighted by Crippen LogP contribution is 2.33. The summed E-state index contributed by atoms with van der Waals surface area (Å²) in [6.07, 6.45) is 3.60. The van der Waals surface area contributed by atoms with Gasteiger partial charge in [-0.15, -0.1) is 0 Å². The highest BCUT2D eigenvalue weighted by Gasteiger charge is 2.21. The number of aryl methyl sites for hydroxylation is 1. The molecule has 0 atom stereocenters. The minimum absolute atomic E-state index is 0.162. The van der Waals surface area contributed by atoms with Gasteiger partial charge in [0.15, 0.2) is 11.5 Å². The second-order valence-electron chi connectivity index (χ2n) is 6.96. The van der Waals surface area contributed by atoms with Crippen LogP contribution in [-0.2, 0) is 10.0 Å². The standard InChI is InChI=1S/C20H24N2O4S/c1-15-5-6-16(22-9-3-2-4-10-22)13-18(15)21-27(23,24)17-7-8-19-20(14-17)26-12-11-25-19/h5-8,13-14,21H,2-4,9-12H2,1H3. The summed E-state index contributed by atoms with van der Waals surface area (Å²) in [5, 5.41) is 0. The molecule has 0 saturated carbocycles. The van der Waals surface area contributed by atoms with Gasteiger partial charge >= 0.3 is 0 Å². The van der Waals surface area contributed by atoms with Crippen LogP contribution in [0.25, 0.3) is 0 Å². The number of fused-ring (bicyclic) bond motifs is 1. The van der Waals surface area contributed by atoms with Gasteiger partial charge in [0.05, 0.1) is 10.6 Å². The predicted molar refractivity (Wildman–Crippen MR) is 105 cm³/mol. The van der Waals surface area contributed by atoms with Crippen LogP contribution in [0.2, 0.25) is 0 Å². The zero-order valence-corrected chi connectivity index (χ0v) is 16.2. The Kier molecular flexibility index (Phi) is 4.86. The van der Waals surface area contributed by atoms with Gasteiger partial charge in [-0.2, -0.15) is 0 Å². The highest BCUT2D eigenvalue weighted by atomic mass is 32.2. The van der Waals surface area contributed by atoms with E-state index in [1.165, 1.54) is 25.3 Å². The third kappa shape index (κ3) is 3.83. The lowest BCUT2D eigenvalue weighted by atomic mass is 10.1. The van der Waals surface area contributed by atoms with Crippen molar-refractivity contribution in [1.29, 1.82) is 0 Å². The number of sulfonamides is 1. The first-order valence-corrected chi connectivity index (χ1v) is 10.8. The van der Waals surface area contributed by atoms with E-state index in [9.17, 15) is 8.42 Å². The zero-order valence-electron chi connectivity index (χ0n) is 15.4. The lowest BCUT2D eigenvalue weighted by molar-refractivity contribution is 0.171. The van der Waals surface area contributed by atoms with E-state index < -0.39 is 10.0 Å². The number of hydrogen-bond donors (Lipinski definition) is 1. The molecule has 2 aliphatic heterocycles. The Labute approximate surface area is 160 Å². The first-order valence-electron chi connectivity index (χ1n) is 9.31. The van der Waals surface area contributed by atoms with Gasteiger partial charge in [0.25, 0.3) is 10.0 Å². The van der Waals surface area contributed by atoms with Crippen LogP contribution in [0.5, 0.6) is 11.5 Å². The van der Waals surface area contributed by atoms with Crippen LogP contribution >= 0.6 is 0 Å². The molecule has 2 heterocycles. The summed E-state index contributed by atoms with van der Waals surface area (Å²) in [7, 11) is -3.72. The van der Waals surface area contributed by atoms with Crippen molar-refractivity contribution >= 4 is 21.4 Å². The topological polar surface area (TPSA) is 67.9 Å². The van der Waals surface area contributed by atoms with Crippen molar-refractivity contribution in [1.82, 2.24) is 0 Å². The number of nitrogens with zero attached hydrogens (tertiary/aromatic N) is 1. The van der Waals surface area contributed by atoms with Crippen LogP contribution in [0.1, 0.15) is 24.8 Å². The van der Waals surface area contributed by atoms with Crippen LogP contribution in [-0.4, -0.2) is 34.7 Å². The predicted octanol–water partition coefficient (Wildman–Crippen LogP) is 3.56. The third-order valence-electron chi connectivity index (χ3n) is 5.01. The summed E-state index contributed by atoms with van der Waals surface area (Å²) in [6, 6.07) is 10.6. The Morgan fingerprint density at radius 1 is 0.926 bits per heavy atom. The average molecular weight is 388 g/mol. The Morgan fingerprint density at radius 3 is 2.44 bits per heavy atom. The quantitative estimate of drug-likeness (QED) is 0.867. The van der Waals surface area contributed by atoms with Crippen LogP contribution in [0, 0.1) is 6.92 Å². The molecule has 0 bridgehead atoms. The van der Waals surface area contributed by atoms with Gasteiger partial charge in [0.2, 0.25) is 0 Å². The van der Waals surface area contributed by atoms with E-state index in [0.717, 1.165) is 24.3 Å². The lowest BCUT2D eigenvalue weighted by Crippen LogP contribution is -2.29. The van der Waals surface area contributed by atoms with E-state index in [-0.39, 0.29) is 4.90 Å². The molecule has 1 N–H and O–H groups in total. The van der Waals surface area contributed by atoms with E-state index in [1.807, 2.05) is 19.1 Å². The molecule has 6 nitrogen and oxygen atoms in total. The van der Waals surface area contributed by atoms with E-state index in [0.29, 0.717) is 30.4 Å². The minimum Gasteiger partial charge on any atom is -0.486 e. The molecule has 2 aromatic carbocycles. The van der Waals surface area contributed by atoms with E-state index in [1.54, 1.807) is 12.1 Å². The number of benzene rings is 2. The molecule has 0 spiro atoms. The summed E-state index contributed by atoms with van der Waals surface area (Å²) in [4.78, 5) is 2.47. The number of nitrogens with one attached hydrogen (secondary N) is 1. The molecular weight excluding hydrogens is 364 g/mol. The van der Waals surface area contributed by atoms with Gasteiger partial charge in [-0.05, 0) is 56.0 Å². The molecule has 0 aliphatic carbocycles. The Morgan fingerprint density at radius 2 is 1.67 bits per heavy atom. The molecule has 1 fully saturated rings. The molecule has 0 aromatic heterocycles. The molecule has 0 amide bonds. The Hall–Kier alpha value is -2.41. The largest absolute Gasteiger partial charge is 0.486 e. The SMILES string of the molecule is Cc1ccc(N2CCCCC2)cc1NS(=O)(=O)c1ccc2c(c1)OCCO2. The molecule has 2 aliphatic rings. The monoisotopic (exact) mass is 388 g/mol. The van der Waals surface area contributed by atoms with Gasteiger partial charge in [-0.25, -0.2) is 8.42 Å². The number of ether oxygens (including phenoxy) is 2. The van der Waals surface area contributed by atoms with Crippen molar-refractivity contribution in [2.45, 2.75) is 31.1 Å². The molecule has 0 unspecified atom stereocenters. The smallest absolute Gasteiger partial charge is 0.262 e. The van der Waals surface area contributed by atoms with Crippen LogP contribution in [0.15, 0.2) is 41.3 Å². The van der Waals surface area contributed by atoms with Crippen molar-refractivity contribution in [3.05, 3.63) is 42.0 Å². The number of anilines is 2. The van der Waals surface area contributed by atoms with Crippen molar-refractivity contribution in [2.75, 3.05) is 35.9 Å². The molecule has 2 aromatic rings. The molecule has 1 saturated heterocycles.